The van der Waals surface area contributed by atoms with E-state index in [2.05, 4.69) is 15.5 Å². The molecule has 8 nitrogen and oxygen atoms in total. The molecule has 0 saturated carbocycles. The van der Waals surface area contributed by atoms with Gasteiger partial charge in [0.2, 0.25) is 15.9 Å². The van der Waals surface area contributed by atoms with Crippen molar-refractivity contribution in [1.29, 1.82) is 0 Å². The number of rotatable bonds is 7. The number of anilines is 1. The van der Waals surface area contributed by atoms with Crippen LogP contribution in [-0.2, 0) is 21.4 Å². The van der Waals surface area contributed by atoms with Crippen LogP contribution in [0, 0.1) is 0 Å². The molecule has 0 spiro atoms. The van der Waals surface area contributed by atoms with Crippen LogP contribution >= 0.6 is 11.8 Å². The molecule has 1 aromatic carbocycles. The maximum absolute atomic E-state index is 12.4. The maximum Gasteiger partial charge on any atom is 0.242 e. The molecule has 1 N–H and O–H groups in total. The Labute approximate surface area is 151 Å². The van der Waals surface area contributed by atoms with Gasteiger partial charge in [-0.1, -0.05) is 17.8 Å². The summed E-state index contributed by atoms with van der Waals surface area (Å²) in [7, 11) is -0.627. The minimum absolute atomic E-state index is 0.126. The maximum atomic E-state index is 12.4. The van der Waals surface area contributed by atoms with E-state index in [0.717, 1.165) is 4.31 Å². The van der Waals surface area contributed by atoms with Crippen LogP contribution < -0.4 is 5.32 Å². The number of carbonyl (C=O) groups is 1. The molecule has 0 fully saturated rings. The van der Waals surface area contributed by atoms with E-state index >= 15 is 0 Å². The molecule has 0 aliphatic rings. The second-order valence-electron chi connectivity index (χ2n) is 5.46. The molecule has 1 atom stereocenters. The van der Waals surface area contributed by atoms with Crippen molar-refractivity contribution in [2.75, 3.05) is 19.4 Å². The van der Waals surface area contributed by atoms with E-state index in [-0.39, 0.29) is 10.8 Å². The third-order valence-electron chi connectivity index (χ3n) is 3.45. The molecule has 136 valence electrons. The number of sulfonamides is 1. The number of nitrogens with zero attached hydrogens (tertiary/aromatic N) is 4. The SMILES string of the molecule is CCn1cnnc1S[C@@H](C)C(=O)Nc1cccc(S(=O)(=O)N(C)C)c1. The van der Waals surface area contributed by atoms with Gasteiger partial charge < -0.3 is 9.88 Å². The number of hydrogen-bond acceptors (Lipinski definition) is 6. The summed E-state index contributed by atoms with van der Waals surface area (Å²) in [6.07, 6.45) is 1.61. The summed E-state index contributed by atoms with van der Waals surface area (Å²) in [6.45, 7) is 4.44. The molecule has 1 aromatic heterocycles. The first kappa shape index (κ1) is 19.4. The Morgan fingerprint density at radius 3 is 2.76 bits per heavy atom. The predicted octanol–water partition coefficient (Wildman–Crippen LogP) is 1.67. The molecule has 0 aliphatic carbocycles. The van der Waals surface area contributed by atoms with Crippen molar-refractivity contribution in [3.63, 3.8) is 0 Å². The van der Waals surface area contributed by atoms with Gasteiger partial charge in [0.05, 0.1) is 10.1 Å². The number of aryl methyl sites for hydroxylation is 1. The first-order valence-corrected chi connectivity index (χ1v) is 9.95. The Morgan fingerprint density at radius 2 is 2.12 bits per heavy atom. The lowest BCUT2D eigenvalue weighted by Crippen LogP contribution is -2.24. The number of hydrogen-bond donors (Lipinski definition) is 1. The van der Waals surface area contributed by atoms with E-state index in [1.54, 1.807) is 25.4 Å². The van der Waals surface area contributed by atoms with E-state index in [9.17, 15) is 13.2 Å². The van der Waals surface area contributed by atoms with Crippen molar-refractivity contribution in [3.8, 4) is 0 Å². The quantitative estimate of drug-likeness (QED) is 0.731. The molecule has 1 amide bonds. The van der Waals surface area contributed by atoms with Gasteiger partial charge in [-0.05, 0) is 32.0 Å². The summed E-state index contributed by atoms with van der Waals surface area (Å²) in [5.41, 5.74) is 0.428. The molecule has 0 saturated heterocycles. The van der Waals surface area contributed by atoms with E-state index in [0.29, 0.717) is 17.4 Å². The summed E-state index contributed by atoms with van der Waals surface area (Å²) < 4.78 is 27.3. The van der Waals surface area contributed by atoms with E-state index < -0.39 is 15.3 Å². The fourth-order valence-electron chi connectivity index (χ4n) is 1.95. The van der Waals surface area contributed by atoms with Gasteiger partial charge in [0.25, 0.3) is 0 Å². The number of amides is 1. The standard InChI is InChI=1S/C15H21N5O3S2/c1-5-20-10-16-18-15(20)24-11(2)14(21)17-12-7-6-8-13(9-12)25(22,23)19(3)4/h6-11H,5H2,1-4H3,(H,17,21)/t11-/m0/s1. The molecule has 2 rings (SSSR count). The zero-order valence-corrected chi connectivity index (χ0v) is 16.1. The van der Waals surface area contributed by atoms with Crippen LogP contribution in [0.15, 0.2) is 40.6 Å². The molecule has 0 bridgehead atoms. The fourth-order valence-corrected chi connectivity index (χ4v) is 3.79. The molecule has 10 heteroatoms. The smallest absolute Gasteiger partial charge is 0.242 e. The lowest BCUT2D eigenvalue weighted by Gasteiger charge is -2.14. The van der Waals surface area contributed by atoms with Crippen molar-refractivity contribution >= 4 is 33.4 Å². The number of benzene rings is 1. The largest absolute Gasteiger partial charge is 0.325 e. The average molecular weight is 383 g/mol. The van der Waals surface area contributed by atoms with Crippen LogP contribution in [-0.4, -0.2) is 52.7 Å². The Morgan fingerprint density at radius 1 is 1.40 bits per heavy atom. The van der Waals surface area contributed by atoms with Gasteiger partial charge in [-0.25, -0.2) is 12.7 Å². The normalized spacial score (nSPS) is 13.0. The zero-order valence-electron chi connectivity index (χ0n) is 14.5. The van der Waals surface area contributed by atoms with Crippen molar-refractivity contribution < 1.29 is 13.2 Å². The van der Waals surface area contributed by atoms with Crippen LogP contribution in [0.25, 0.3) is 0 Å². The Kier molecular flexibility index (Phi) is 6.20. The summed E-state index contributed by atoms with van der Waals surface area (Å²) in [5.74, 6) is -0.241. The lowest BCUT2D eigenvalue weighted by atomic mass is 10.3. The second kappa shape index (κ2) is 7.98. The van der Waals surface area contributed by atoms with Gasteiger partial charge in [0.15, 0.2) is 5.16 Å². The first-order valence-electron chi connectivity index (χ1n) is 7.63. The highest BCUT2D eigenvalue weighted by Gasteiger charge is 2.20. The number of nitrogens with one attached hydrogen (secondary N) is 1. The number of carbonyl (C=O) groups excluding carboxylic acids is 1. The molecule has 25 heavy (non-hydrogen) atoms. The lowest BCUT2D eigenvalue weighted by molar-refractivity contribution is -0.115. The van der Waals surface area contributed by atoms with Crippen molar-refractivity contribution in [3.05, 3.63) is 30.6 Å². The predicted molar refractivity (Wildman–Crippen MR) is 97.0 cm³/mol. The average Bonchev–Trinajstić information content (AvgIpc) is 3.02. The third kappa shape index (κ3) is 4.59. The van der Waals surface area contributed by atoms with Crippen molar-refractivity contribution in [1.82, 2.24) is 19.1 Å². The molecule has 0 radical (unpaired) electrons. The number of aromatic nitrogens is 3. The molecule has 2 aromatic rings. The van der Waals surface area contributed by atoms with Crippen LogP contribution in [0.5, 0.6) is 0 Å². The summed E-state index contributed by atoms with van der Waals surface area (Å²) >= 11 is 1.29. The highest BCUT2D eigenvalue weighted by molar-refractivity contribution is 8.00. The van der Waals surface area contributed by atoms with E-state index in [4.69, 9.17) is 0 Å². The summed E-state index contributed by atoms with van der Waals surface area (Å²) in [4.78, 5) is 12.5. The first-order chi connectivity index (χ1) is 11.8. The minimum Gasteiger partial charge on any atom is -0.325 e. The Bertz CT molecular complexity index is 848. The molecule has 0 aliphatic heterocycles. The van der Waals surface area contributed by atoms with Gasteiger partial charge in [0, 0.05) is 26.3 Å². The Balaban J connectivity index is 2.10. The highest BCUT2D eigenvalue weighted by atomic mass is 32.2. The zero-order chi connectivity index (χ0) is 18.6. The topological polar surface area (TPSA) is 97.2 Å². The Hall–Kier alpha value is -1.91. The van der Waals surface area contributed by atoms with Crippen molar-refractivity contribution in [2.45, 2.75) is 35.7 Å². The van der Waals surface area contributed by atoms with Crippen LogP contribution in [0.3, 0.4) is 0 Å². The second-order valence-corrected chi connectivity index (χ2v) is 8.92. The summed E-state index contributed by atoms with van der Waals surface area (Å²) in [5, 5.41) is 10.8. The molecular formula is C15H21N5O3S2. The molecule has 0 unspecified atom stereocenters. The fraction of sp³-hybridized carbons (Fsp3) is 0.400. The van der Waals surface area contributed by atoms with Gasteiger partial charge in [0.1, 0.15) is 6.33 Å². The van der Waals surface area contributed by atoms with Crippen LogP contribution in [0.4, 0.5) is 5.69 Å². The van der Waals surface area contributed by atoms with E-state index in [1.807, 2.05) is 11.5 Å². The van der Waals surface area contributed by atoms with Gasteiger partial charge in [-0.15, -0.1) is 10.2 Å². The number of thioether (sulfide) groups is 1. The molecular weight excluding hydrogens is 362 g/mol. The summed E-state index contributed by atoms with van der Waals surface area (Å²) in [6, 6.07) is 6.18. The minimum atomic E-state index is -3.55. The monoisotopic (exact) mass is 383 g/mol. The third-order valence-corrected chi connectivity index (χ3v) is 6.36. The van der Waals surface area contributed by atoms with Gasteiger partial charge in [-0.3, -0.25) is 4.79 Å². The van der Waals surface area contributed by atoms with Crippen LogP contribution in [0.1, 0.15) is 13.8 Å². The highest BCUT2D eigenvalue weighted by Crippen LogP contribution is 2.23. The molecule has 1 heterocycles. The van der Waals surface area contributed by atoms with Crippen molar-refractivity contribution in [2.24, 2.45) is 0 Å². The van der Waals surface area contributed by atoms with Gasteiger partial charge >= 0.3 is 0 Å². The van der Waals surface area contributed by atoms with Gasteiger partial charge in [-0.2, -0.15) is 0 Å². The van der Waals surface area contributed by atoms with Crippen LogP contribution in [0.2, 0.25) is 0 Å². The van der Waals surface area contributed by atoms with E-state index in [1.165, 1.54) is 38.0 Å².